The van der Waals surface area contributed by atoms with E-state index in [-0.39, 0.29) is 12.0 Å². The zero-order valence-electron chi connectivity index (χ0n) is 13.5. The molecule has 0 amide bonds. The van der Waals surface area contributed by atoms with Crippen LogP contribution in [0.4, 0.5) is 13.2 Å². The molecule has 15 heteroatoms. The fourth-order valence-corrected chi connectivity index (χ4v) is 2.89. The molecule has 0 spiro atoms. The molecule has 0 saturated carbocycles. The van der Waals surface area contributed by atoms with Crippen molar-refractivity contribution in [3.63, 3.8) is 0 Å². The van der Waals surface area contributed by atoms with Crippen LogP contribution in [0.5, 0.6) is 0 Å². The Labute approximate surface area is 147 Å². The number of carbonyl (C=O) groups excluding carboxylic acids is 1. The van der Waals surface area contributed by atoms with Crippen LogP contribution in [0.25, 0.3) is 0 Å². The number of aliphatic hydroxyl groups excluding tert-OH is 1. The molecule has 4 atom stereocenters. The Morgan fingerprint density at radius 3 is 2.70 bits per heavy atom. The Balaban J connectivity index is 2.02. The fourth-order valence-electron chi connectivity index (χ4n) is 2.19. The smallest absolute Gasteiger partial charge is 0.390 e. The summed E-state index contributed by atoms with van der Waals surface area (Å²) in [6, 6.07) is 0. The van der Waals surface area contributed by atoms with Crippen molar-refractivity contribution in [3.05, 3.63) is 32.6 Å². The number of ether oxygens (including phenoxy) is 1. The molecule has 0 radical (unpaired) electrons. The van der Waals surface area contributed by atoms with Gasteiger partial charge in [-0.3, -0.25) is 23.8 Å². The summed E-state index contributed by atoms with van der Waals surface area (Å²) < 4.78 is 61.3. The number of hydrogen-bond donors (Lipinski definition) is 3. The van der Waals surface area contributed by atoms with Crippen molar-refractivity contribution in [2.75, 3.05) is 6.61 Å². The van der Waals surface area contributed by atoms with Gasteiger partial charge in [0, 0.05) is 18.2 Å². The van der Waals surface area contributed by atoms with E-state index in [0.717, 1.165) is 4.57 Å². The van der Waals surface area contributed by atoms with Crippen LogP contribution in [0.2, 0.25) is 0 Å². The second-order valence-electron chi connectivity index (χ2n) is 5.55. The molecule has 0 aliphatic carbocycles. The van der Waals surface area contributed by atoms with Crippen LogP contribution in [0.3, 0.4) is 0 Å². The zero-order chi connectivity index (χ0) is 20.6. The number of rotatable bonds is 5. The number of aromatic nitrogens is 2. The van der Waals surface area contributed by atoms with Crippen LogP contribution in [0.15, 0.2) is 15.8 Å². The van der Waals surface area contributed by atoms with Crippen molar-refractivity contribution in [1.82, 2.24) is 9.55 Å². The van der Waals surface area contributed by atoms with Crippen molar-refractivity contribution in [2.45, 2.75) is 38.0 Å². The molecule has 1 aromatic rings. The normalized spacial score (nSPS) is 25.2. The molecule has 1 saturated heterocycles. The van der Waals surface area contributed by atoms with E-state index in [2.05, 4.69) is 9.05 Å². The van der Waals surface area contributed by atoms with Gasteiger partial charge in [0.2, 0.25) is 0 Å². The largest absolute Gasteiger partial charge is 0.529 e. The second-order valence-corrected chi connectivity index (χ2v) is 6.93. The molecule has 3 N–H and O–H groups in total. The molecule has 2 heterocycles. The fraction of sp³-hybridized carbons (Fsp3) is 0.583. The van der Waals surface area contributed by atoms with Crippen LogP contribution in [-0.2, 0) is 23.1 Å². The van der Waals surface area contributed by atoms with Crippen LogP contribution < -0.4 is 11.2 Å². The highest BCUT2D eigenvalue weighted by Gasteiger charge is 2.46. The van der Waals surface area contributed by atoms with Crippen molar-refractivity contribution in [1.29, 1.82) is 0 Å². The van der Waals surface area contributed by atoms with E-state index < -0.39 is 56.3 Å². The highest BCUT2D eigenvalue weighted by molar-refractivity contribution is 7.48. The number of nitrogens with zero attached hydrogens (tertiary/aromatic N) is 1. The summed E-state index contributed by atoms with van der Waals surface area (Å²) in [6.07, 6.45) is -8.24. The first kappa shape index (κ1) is 21.3. The number of aryl methyl sites for hydroxylation is 1. The summed E-state index contributed by atoms with van der Waals surface area (Å²) >= 11 is 0. The number of H-pyrrole nitrogens is 1. The Morgan fingerprint density at radius 2 is 2.11 bits per heavy atom. The monoisotopic (exact) mass is 418 g/mol. The number of carbonyl (C=O) groups is 1. The molecule has 1 aromatic heterocycles. The van der Waals surface area contributed by atoms with Crippen LogP contribution in [-0.4, -0.2) is 50.5 Å². The lowest BCUT2D eigenvalue weighted by Crippen LogP contribution is -2.33. The predicted molar refractivity (Wildman–Crippen MR) is 78.5 cm³/mol. The molecule has 11 nitrogen and oxygen atoms in total. The summed E-state index contributed by atoms with van der Waals surface area (Å²) in [7, 11) is -5.42. The quantitative estimate of drug-likeness (QED) is 0.547. The standard InChI is InChI=1S/C12H14F3N2O9P/c1-5-3-17(11(21)16-9(5)19)8-2-6(18)7(25-8)4-24-27(22,23)26-10(20)12(13,14)15/h3,6-8,18H,2,4H2,1H3,(H,22,23)(H,16,19,21)/t6-,7+,8+/m0/s1. The second kappa shape index (κ2) is 7.56. The molecule has 152 valence electrons. The average molecular weight is 418 g/mol. The van der Waals surface area contributed by atoms with Crippen molar-refractivity contribution < 1.29 is 46.3 Å². The zero-order valence-corrected chi connectivity index (χ0v) is 14.4. The third-order valence-electron chi connectivity index (χ3n) is 3.49. The van der Waals surface area contributed by atoms with Crippen LogP contribution in [0, 0.1) is 6.92 Å². The Kier molecular flexibility index (Phi) is 5.97. The molecular weight excluding hydrogens is 404 g/mol. The number of halogens is 3. The van der Waals surface area contributed by atoms with Gasteiger partial charge in [0.15, 0.2) is 0 Å². The van der Waals surface area contributed by atoms with Gasteiger partial charge in [-0.05, 0) is 6.92 Å². The molecule has 1 aliphatic rings. The first-order valence-corrected chi connectivity index (χ1v) is 8.73. The number of aromatic amines is 1. The van der Waals surface area contributed by atoms with Gasteiger partial charge in [-0.2, -0.15) is 13.2 Å². The minimum atomic E-state index is -5.50. The molecular formula is C12H14F3N2O9P. The van der Waals surface area contributed by atoms with E-state index in [4.69, 9.17) is 9.63 Å². The Morgan fingerprint density at radius 1 is 1.48 bits per heavy atom. The van der Waals surface area contributed by atoms with E-state index in [1.54, 1.807) is 0 Å². The molecule has 1 unspecified atom stereocenters. The lowest BCUT2D eigenvalue weighted by atomic mass is 10.2. The summed E-state index contributed by atoms with van der Waals surface area (Å²) in [5.41, 5.74) is -1.29. The van der Waals surface area contributed by atoms with Crippen LogP contribution >= 0.6 is 7.82 Å². The maximum Gasteiger partial charge on any atom is 0.529 e. The van der Waals surface area contributed by atoms with E-state index in [0.29, 0.717) is 0 Å². The van der Waals surface area contributed by atoms with Gasteiger partial charge >= 0.3 is 25.7 Å². The number of alkyl halides is 3. The summed E-state index contributed by atoms with van der Waals surface area (Å²) in [4.78, 5) is 44.9. The Hall–Kier alpha value is -1.99. The van der Waals surface area contributed by atoms with E-state index >= 15 is 0 Å². The summed E-state index contributed by atoms with van der Waals surface area (Å²) in [5.74, 6) is -2.92. The number of hydrogen-bond acceptors (Lipinski definition) is 8. The van der Waals surface area contributed by atoms with Crippen LogP contribution in [0.1, 0.15) is 18.2 Å². The molecule has 27 heavy (non-hydrogen) atoms. The Bertz CT molecular complexity index is 880. The highest BCUT2D eigenvalue weighted by Crippen LogP contribution is 2.46. The van der Waals surface area contributed by atoms with Gasteiger partial charge in [0.1, 0.15) is 12.3 Å². The van der Waals surface area contributed by atoms with Crippen molar-refractivity contribution >= 4 is 13.8 Å². The first-order chi connectivity index (χ1) is 12.3. The van der Waals surface area contributed by atoms with Gasteiger partial charge in [-0.25, -0.2) is 14.2 Å². The minimum absolute atomic E-state index is 0.173. The van der Waals surface area contributed by atoms with Gasteiger partial charge in [0.25, 0.3) is 5.56 Å². The SMILES string of the molecule is Cc1cn([C@H]2C[C@H](O)[C@@H](COP(=O)(O)OC(=O)C(F)(F)F)O2)c(=O)[nH]c1=O. The molecule has 2 rings (SSSR count). The summed E-state index contributed by atoms with van der Waals surface area (Å²) in [5, 5.41) is 9.89. The third kappa shape index (κ3) is 5.26. The van der Waals surface area contributed by atoms with Gasteiger partial charge < -0.3 is 14.4 Å². The van der Waals surface area contributed by atoms with Crippen molar-refractivity contribution in [2.24, 2.45) is 0 Å². The number of aliphatic hydroxyl groups is 1. The minimum Gasteiger partial charge on any atom is -0.390 e. The molecule has 1 aliphatic heterocycles. The van der Waals surface area contributed by atoms with Gasteiger partial charge in [-0.1, -0.05) is 0 Å². The molecule has 0 bridgehead atoms. The van der Waals surface area contributed by atoms with Gasteiger partial charge in [-0.15, -0.1) is 0 Å². The molecule has 1 fully saturated rings. The lowest BCUT2D eigenvalue weighted by molar-refractivity contribution is -0.191. The average Bonchev–Trinajstić information content (AvgIpc) is 2.88. The molecule has 0 aromatic carbocycles. The summed E-state index contributed by atoms with van der Waals surface area (Å²) in [6.45, 7) is 0.505. The van der Waals surface area contributed by atoms with E-state index in [1.807, 2.05) is 4.98 Å². The number of phosphoric ester groups is 1. The lowest BCUT2D eigenvalue weighted by Gasteiger charge is -2.18. The maximum absolute atomic E-state index is 12.0. The number of nitrogens with one attached hydrogen (secondary N) is 1. The highest BCUT2D eigenvalue weighted by atomic mass is 31.2. The van der Waals surface area contributed by atoms with E-state index in [1.165, 1.54) is 13.1 Å². The number of phosphoric acid groups is 1. The third-order valence-corrected chi connectivity index (χ3v) is 4.36. The van der Waals surface area contributed by atoms with E-state index in [9.17, 15) is 37.2 Å². The first-order valence-electron chi connectivity index (χ1n) is 7.24. The van der Waals surface area contributed by atoms with Gasteiger partial charge in [0.05, 0.1) is 12.7 Å². The topological polar surface area (TPSA) is 157 Å². The predicted octanol–water partition coefficient (Wildman–Crippen LogP) is -0.284. The maximum atomic E-state index is 12.0. The van der Waals surface area contributed by atoms with Crippen molar-refractivity contribution in [3.8, 4) is 0 Å².